The molecular weight excluding hydrogens is 488 g/mol. The molecule has 1 aromatic heterocycles. The topological polar surface area (TPSA) is 103 Å². The van der Waals surface area contributed by atoms with Gasteiger partial charge in [-0.2, -0.15) is 5.26 Å². The molecule has 38 heavy (non-hydrogen) atoms. The van der Waals surface area contributed by atoms with E-state index in [1.54, 1.807) is 36.2 Å². The summed E-state index contributed by atoms with van der Waals surface area (Å²) >= 11 is 0. The fourth-order valence-corrected chi connectivity index (χ4v) is 5.23. The normalized spacial score (nSPS) is 19.9. The van der Waals surface area contributed by atoms with Gasteiger partial charge in [0.2, 0.25) is 5.91 Å². The van der Waals surface area contributed by atoms with Crippen LogP contribution in [0.15, 0.2) is 42.5 Å². The van der Waals surface area contributed by atoms with Gasteiger partial charge in [0.05, 0.1) is 17.8 Å². The van der Waals surface area contributed by atoms with Gasteiger partial charge in [0, 0.05) is 50.0 Å². The Kier molecular flexibility index (Phi) is 7.29. The molecule has 2 aromatic carbocycles. The molecule has 2 atom stereocenters. The quantitative estimate of drug-likeness (QED) is 0.512. The third-order valence-electron chi connectivity index (χ3n) is 7.47. The summed E-state index contributed by atoms with van der Waals surface area (Å²) in [6.07, 6.45) is 4.15. The minimum absolute atomic E-state index is 0.0208. The van der Waals surface area contributed by atoms with Crippen LogP contribution in [0.2, 0.25) is 0 Å². The van der Waals surface area contributed by atoms with Gasteiger partial charge in [-0.25, -0.2) is 13.5 Å². The van der Waals surface area contributed by atoms with Crippen LogP contribution < -0.4 is 16.0 Å². The van der Waals surface area contributed by atoms with Gasteiger partial charge in [-0.05, 0) is 55.5 Å². The molecule has 3 aromatic rings. The smallest absolute Gasteiger partial charge is 0.241 e. The van der Waals surface area contributed by atoms with E-state index < -0.39 is 11.6 Å². The van der Waals surface area contributed by atoms with Gasteiger partial charge >= 0.3 is 0 Å². The predicted molar refractivity (Wildman–Crippen MR) is 142 cm³/mol. The van der Waals surface area contributed by atoms with Crippen molar-refractivity contribution in [3.8, 4) is 23.0 Å². The molecule has 8 nitrogen and oxygen atoms in total. The fraction of sp³-hybridized carbons (Fsp3) is 0.393. The van der Waals surface area contributed by atoms with Crippen molar-refractivity contribution in [2.75, 3.05) is 43.4 Å². The highest BCUT2D eigenvalue weighted by atomic mass is 19.1. The van der Waals surface area contributed by atoms with Crippen molar-refractivity contribution in [2.45, 2.75) is 31.7 Å². The zero-order chi connectivity index (χ0) is 26.8. The Balaban J connectivity index is 1.47. The molecule has 0 radical (unpaired) electrons. The number of amides is 1. The van der Waals surface area contributed by atoms with Crippen molar-refractivity contribution in [1.82, 2.24) is 14.7 Å². The average Bonchev–Trinajstić information content (AvgIpc) is 3.33. The van der Waals surface area contributed by atoms with Crippen LogP contribution in [0.5, 0.6) is 0 Å². The molecule has 0 unspecified atom stereocenters. The molecule has 2 fully saturated rings. The molecule has 5 rings (SSSR count). The summed E-state index contributed by atoms with van der Waals surface area (Å²) < 4.78 is 31.5. The van der Waals surface area contributed by atoms with Gasteiger partial charge in [-0.3, -0.25) is 4.79 Å². The number of nitrogens with zero attached hydrogens (tertiary/aromatic N) is 5. The number of piperazine rings is 1. The highest BCUT2D eigenvalue weighted by Gasteiger charge is 2.24. The lowest BCUT2D eigenvalue weighted by molar-refractivity contribution is -0.129. The number of carbonyl (C=O) groups excluding carboxylic acids is 1. The van der Waals surface area contributed by atoms with Crippen LogP contribution in [0, 0.1) is 28.9 Å². The van der Waals surface area contributed by atoms with Crippen LogP contribution in [-0.2, 0) is 4.79 Å². The van der Waals surface area contributed by atoms with Crippen LogP contribution in [0.4, 0.5) is 20.3 Å². The summed E-state index contributed by atoms with van der Waals surface area (Å²) in [5.41, 5.74) is 7.83. The lowest BCUT2D eigenvalue weighted by Gasteiger charge is -2.33. The zero-order valence-corrected chi connectivity index (χ0v) is 21.3. The van der Waals surface area contributed by atoms with Crippen molar-refractivity contribution in [1.29, 1.82) is 5.26 Å². The van der Waals surface area contributed by atoms with E-state index in [4.69, 9.17) is 11.0 Å². The molecule has 2 heterocycles. The first-order valence-electron chi connectivity index (χ1n) is 12.9. The van der Waals surface area contributed by atoms with Gasteiger partial charge < -0.3 is 20.9 Å². The number of carbonyl (C=O) groups is 1. The van der Waals surface area contributed by atoms with Gasteiger partial charge in [-0.1, -0.05) is 12.5 Å². The number of hydrogen-bond donors (Lipinski definition) is 2. The highest BCUT2D eigenvalue weighted by molar-refractivity contribution is 5.82. The third kappa shape index (κ3) is 5.34. The van der Waals surface area contributed by atoms with E-state index in [1.165, 1.54) is 22.9 Å². The monoisotopic (exact) mass is 519 g/mol. The molecule has 0 spiro atoms. The van der Waals surface area contributed by atoms with Crippen molar-refractivity contribution in [3.05, 3.63) is 59.7 Å². The number of aromatic nitrogens is 2. The van der Waals surface area contributed by atoms with Crippen LogP contribution in [0.25, 0.3) is 16.9 Å². The van der Waals surface area contributed by atoms with Gasteiger partial charge in [0.15, 0.2) is 5.82 Å². The lowest BCUT2D eigenvalue weighted by atomic mass is 9.86. The Labute approximate surface area is 220 Å². The highest BCUT2D eigenvalue weighted by Crippen LogP contribution is 2.31. The average molecular weight is 520 g/mol. The van der Waals surface area contributed by atoms with Crippen molar-refractivity contribution < 1.29 is 13.6 Å². The maximum Gasteiger partial charge on any atom is 0.241 e. The molecule has 2 aliphatic rings. The second-order valence-corrected chi connectivity index (χ2v) is 10.2. The van der Waals surface area contributed by atoms with Gasteiger partial charge in [0.1, 0.15) is 23.4 Å². The minimum atomic E-state index is -0.654. The minimum Gasteiger partial charge on any atom is -0.368 e. The van der Waals surface area contributed by atoms with E-state index in [-0.39, 0.29) is 29.7 Å². The number of nitrogens with two attached hydrogens (primary N) is 1. The number of nitrogens with one attached hydrogen (secondary N) is 1. The van der Waals surface area contributed by atoms with Gasteiger partial charge in [0.25, 0.3) is 0 Å². The number of halogens is 2. The summed E-state index contributed by atoms with van der Waals surface area (Å²) in [5, 5.41) is 17.1. The molecular formula is C28H31F2N7O. The van der Waals surface area contributed by atoms with Crippen molar-refractivity contribution >= 4 is 17.4 Å². The first-order chi connectivity index (χ1) is 18.3. The lowest BCUT2D eigenvalue weighted by Crippen LogP contribution is -2.48. The SMILES string of the molecule is CN1CCN(c2ccc(-n3nc(NC[C@H]4CCC[C@H](N)C4)cc3-c3ccc(C#N)c(F)c3)c(F)c2)CC1=O. The van der Waals surface area contributed by atoms with Crippen molar-refractivity contribution in [3.63, 3.8) is 0 Å². The number of rotatable bonds is 6. The van der Waals surface area contributed by atoms with Crippen LogP contribution in [0.1, 0.15) is 31.2 Å². The molecule has 3 N–H and O–H groups in total. The fourth-order valence-electron chi connectivity index (χ4n) is 5.23. The second kappa shape index (κ2) is 10.8. The Hall–Kier alpha value is -3.97. The number of likely N-dealkylation sites (N-methyl/N-ethyl adjacent to an activating group) is 1. The summed E-state index contributed by atoms with van der Waals surface area (Å²) in [5.74, 6) is -0.234. The largest absolute Gasteiger partial charge is 0.368 e. The molecule has 1 amide bonds. The van der Waals surface area contributed by atoms with E-state index in [9.17, 15) is 9.18 Å². The van der Waals surface area contributed by atoms with E-state index in [1.807, 2.05) is 11.0 Å². The number of nitriles is 1. The van der Waals surface area contributed by atoms with Crippen LogP contribution in [-0.4, -0.2) is 59.9 Å². The Morgan fingerprint density at radius 2 is 1.97 bits per heavy atom. The third-order valence-corrected chi connectivity index (χ3v) is 7.47. The van der Waals surface area contributed by atoms with E-state index >= 15 is 4.39 Å². The molecule has 1 aliphatic carbocycles. The number of hydrogen-bond acceptors (Lipinski definition) is 6. The summed E-state index contributed by atoms with van der Waals surface area (Å²) in [6.45, 7) is 2.05. The number of anilines is 2. The molecule has 1 aliphatic heterocycles. The van der Waals surface area contributed by atoms with Crippen LogP contribution in [0.3, 0.4) is 0 Å². The molecule has 1 saturated heterocycles. The van der Waals surface area contributed by atoms with Crippen LogP contribution >= 0.6 is 0 Å². The first-order valence-corrected chi connectivity index (χ1v) is 12.9. The first kappa shape index (κ1) is 25.7. The molecule has 198 valence electrons. The van der Waals surface area contributed by atoms with Gasteiger partial charge in [-0.15, -0.1) is 5.10 Å². The summed E-state index contributed by atoms with van der Waals surface area (Å²) in [4.78, 5) is 15.6. The summed E-state index contributed by atoms with van der Waals surface area (Å²) in [6, 6.07) is 12.9. The Bertz CT molecular complexity index is 1380. The zero-order valence-electron chi connectivity index (χ0n) is 21.3. The number of benzene rings is 2. The molecule has 1 saturated carbocycles. The van der Waals surface area contributed by atoms with E-state index in [0.29, 0.717) is 48.3 Å². The summed E-state index contributed by atoms with van der Waals surface area (Å²) in [7, 11) is 1.75. The Morgan fingerprint density at radius 1 is 1.13 bits per heavy atom. The van der Waals surface area contributed by atoms with Crippen molar-refractivity contribution in [2.24, 2.45) is 11.7 Å². The van der Waals surface area contributed by atoms with E-state index in [0.717, 1.165) is 25.7 Å². The second-order valence-electron chi connectivity index (χ2n) is 10.2. The molecule has 10 heteroatoms. The Morgan fingerprint density at radius 3 is 2.68 bits per heavy atom. The van der Waals surface area contributed by atoms with E-state index in [2.05, 4.69) is 10.4 Å². The maximum atomic E-state index is 15.6. The molecule has 0 bridgehead atoms. The predicted octanol–water partition coefficient (Wildman–Crippen LogP) is 3.90. The maximum absolute atomic E-state index is 15.6. The standard InChI is InChI=1S/C28H31F2N7O/c1-35-9-10-36(17-28(35)38)22-7-8-25(24(30)13-22)37-26(19-5-6-20(15-31)23(29)12-19)14-27(34-37)33-16-18-3-2-4-21(32)11-18/h5-8,12-14,18,21H,2-4,9-11,16-17,32H2,1H3,(H,33,34)/t18-,21-/m0/s1.